The minimum absolute atomic E-state index is 0.168. The molecule has 3 nitrogen and oxygen atoms in total. The highest BCUT2D eigenvalue weighted by Gasteiger charge is 2.38. The number of amides is 1. The molecular weight excluding hydrogens is 176 g/mol. The van der Waals surface area contributed by atoms with Crippen LogP contribution in [0, 0.1) is 11.8 Å². The molecule has 1 amide bonds. The van der Waals surface area contributed by atoms with Crippen LogP contribution in [0.4, 0.5) is 0 Å². The fraction of sp³-hybridized carbons (Fsp3) is 0.909. The molecule has 3 atom stereocenters. The van der Waals surface area contributed by atoms with Crippen LogP contribution in [0.3, 0.4) is 0 Å². The topological polar surface area (TPSA) is 46.3 Å². The van der Waals surface area contributed by atoms with Gasteiger partial charge in [0.05, 0.1) is 6.04 Å². The number of nitrogens with zero attached hydrogens (tertiary/aromatic N) is 1. The third-order valence-corrected chi connectivity index (χ3v) is 3.79. The highest BCUT2D eigenvalue weighted by molar-refractivity contribution is 5.81. The van der Waals surface area contributed by atoms with Crippen molar-refractivity contribution in [3.05, 3.63) is 0 Å². The van der Waals surface area contributed by atoms with Crippen molar-refractivity contribution in [1.82, 2.24) is 4.90 Å². The molecule has 1 saturated heterocycles. The lowest BCUT2D eigenvalue weighted by atomic mass is 10.0. The van der Waals surface area contributed by atoms with E-state index in [4.69, 9.17) is 5.73 Å². The van der Waals surface area contributed by atoms with Crippen LogP contribution in [0.15, 0.2) is 0 Å². The van der Waals surface area contributed by atoms with Gasteiger partial charge in [-0.3, -0.25) is 4.79 Å². The highest BCUT2D eigenvalue weighted by Crippen LogP contribution is 2.37. The Balaban J connectivity index is 1.92. The van der Waals surface area contributed by atoms with E-state index in [2.05, 4.69) is 0 Å². The van der Waals surface area contributed by atoms with E-state index in [1.165, 1.54) is 19.3 Å². The maximum Gasteiger partial charge on any atom is 0.239 e. The van der Waals surface area contributed by atoms with E-state index < -0.39 is 0 Å². The average Bonchev–Trinajstić information content (AvgIpc) is 2.74. The van der Waals surface area contributed by atoms with Gasteiger partial charge in [0.25, 0.3) is 0 Å². The minimum Gasteiger partial charge on any atom is -0.341 e. The summed E-state index contributed by atoms with van der Waals surface area (Å²) in [6.07, 6.45) is 4.74. The second kappa shape index (κ2) is 3.89. The number of carbonyl (C=O) groups is 1. The minimum atomic E-state index is -0.270. The lowest BCUT2D eigenvalue weighted by molar-refractivity contribution is -0.131. The summed E-state index contributed by atoms with van der Waals surface area (Å²) in [7, 11) is 0. The molecule has 2 fully saturated rings. The Morgan fingerprint density at radius 2 is 2.00 bits per heavy atom. The van der Waals surface area contributed by atoms with Crippen LogP contribution < -0.4 is 5.73 Å². The van der Waals surface area contributed by atoms with Crippen LogP contribution in [0.2, 0.25) is 0 Å². The van der Waals surface area contributed by atoms with Crippen molar-refractivity contribution in [2.45, 2.75) is 38.6 Å². The fourth-order valence-corrected chi connectivity index (χ4v) is 2.82. The van der Waals surface area contributed by atoms with Gasteiger partial charge in [0.1, 0.15) is 0 Å². The standard InChI is InChI=1S/C11H20N2O/c1-2-10(12)11(14)13-6-8-4-3-5-9(8)7-13/h8-10H,2-7,12H2,1H3/t8?,9?,10-/m0/s1. The Morgan fingerprint density at radius 3 is 2.50 bits per heavy atom. The third kappa shape index (κ3) is 1.65. The van der Waals surface area contributed by atoms with Crippen LogP contribution in [0.25, 0.3) is 0 Å². The van der Waals surface area contributed by atoms with Gasteiger partial charge in [-0.25, -0.2) is 0 Å². The molecule has 1 heterocycles. The largest absolute Gasteiger partial charge is 0.341 e. The van der Waals surface area contributed by atoms with Crippen LogP contribution >= 0.6 is 0 Å². The molecule has 0 aromatic heterocycles. The molecule has 0 bridgehead atoms. The van der Waals surface area contributed by atoms with Crippen molar-refractivity contribution in [2.24, 2.45) is 17.6 Å². The molecule has 0 aromatic carbocycles. The predicted molar refractivity (Wildman–Crippen MR) is 55.7 cm³/mol. The maximum atomic E-state index is 11.8. The van der Waals surface area contributed by atoms with Gasteiger partial charge in [-0.1, -0.05) is 13.3 Å². The lowest BCUT2D eigenvalue weighted by Crippen LogP contribution is -2.42. The Morgan fingerprint density at radius 1 is 1.43 bits per heavy atom. The summed E-state index contributed by atoms with van der Waals surface area (Å²) in [4.78, 5) is 13.8. The molecule has 0 aromatic rings. The number of fused-ring (bicyclic) bond motifs is 1. The highest BCUT2D eigenvalue weighted by atomic mass is 16.2. The first-order valence-corrected chi connectivity index (χ1v) is 5.76. The summed E-state index contributed by atoms with van der Waals surface area (Å²) < 4.78 is 0. The van der Waals surface area contributed by atoms with E-state index in [-0.39, 0.29) is 11.9 Å². The number of nitrogens with two attached hydrogens (primary N) is 1. The van der Waals surface area contributed by atoms with Gasteiger partial charge in [-0.05, 0) is 31.1 Å². The van der Waals surface area contributed by atoms with E-state index in [1.54, 1.807) is 0 Å². The third-order valence-electron chi connectivity index (χ3n) is 3.79. The van der Waals surface area contributed by atoms with Gasteiger partial charge in [0.2, 0.25) is 5.91 Å². The van der Waals surface area contributed by atoms with Gasteiger partial charge in [0, 0.05) is 13.1 Å². The summed E-state index contributed by atoms with van der Waals surface area (Å²) in [5, 5.41) is 0. The number of likely N-dealkylation sites (tertiary alicyclic amines) is 1. The second-order valence-corrected chi connectivity index (χ2v) is 4.71. The number of hydrogen-bond donors (Lipinski definition) is 1. The van der Waals surface area contributed by atoms with Gasteiger partial charge < -0.3 is 10.6 Å². The predicted octanol–water partition coefficient (Wildman–Crippen LogP) is 0.982. The Kier molecular flexibility index (Phi) is 2.77. The van der Waals surface area contributed by atoms with Gasteiger partial charge in [0.15, 0.2) is 0 Å². The monoisotopic (exact) mass is 196 g/mol. The van der Waals surface area contributed by atoms with Crippen molar-refractivity contribution in [3.8, 4) is 0 Å². The Hall–Kier alpha value is -0.570. The van der Waals surface area contributed by atoms with Crippen LogP contribution in [0.5, 0.6) is 0 Å². The zero-order chi connectivity index (χ0) is 10.1. The van der Waals surface area contributed by atoms with Gasteiger partial charge >= 0.3 is 0 Å². The number of rotatable bonds is 2. The summed E-state index contributed by atoms with van der Waals surface area (Å²) in [6.45, 7) is 3.91. The molecule has 3 heteroatoms. The van der Waals surface area contributed by atoms with E-state index in [1.807, 2.05) is 11.8 Å². The molecule has 0 radical (unpaired) electrons. The number of hydrogen-bond acceptors (Lipinski definition) is 2. The molecule has 80 valence electrons. The van der Waals surface area contributed by atoms with Crippen LogP contribution in [0.1, 0.15) is 32.6 Å². The zero-order valence-corrected chi connectivity index (χ0v) is 8.91. The average molecular weight is 196 g/mol. The van der Waals surface area contributed by atoms with Gasteiger partial charge in [-0.2, -0.15) is 0 Å². The van der Waals surface area contributed by atoms with E-state index in [0.717, 1.165) is 31.3 Å². The first-order valence-electron chi connectivity index (χ1n) is 5.76. The van der Waals surface area contributed by atoms with Crippen molar-refractivity contribution in [3.63, 3.8) is 0 Å². The molecular formula is C11H20N2O. The Bertz CT molecular complexity index is 217. The fourth-order valence-electron chi connectivity index (χ4n) is 2.82. The quantitative estimate of drug-likeness (QED) is 0.715. The number of carbonyl (C=O) groups excluding carboxylic acids is 1. The van der Waals surface area contributed by atoms with Crippen LogP contribution in [-0.2, 0) is 4.79 Å². The zero-order valence-electron chi connectivity index (χ0n) is 8.91. The van der Waals surface area contributed by atoms with Crippen molar-refractivity contribution >= 4 is 5.91 Å². The molecule has 14 heavy (non-hydrogen) atoms. The summed E-state index contributed by atoms with van der Waals surface area (Å²) in [6, 6.07) is -0.270. The van der Waals surface area contributed by atoms with E-state index in [9.17, 15) is 4.79 Å². The van der Waals surface area contributed by atoms with E-state index >= 15 is 0 Å². The SMILES string of the molecule is CC[C@H](N)C(=O)N1CC2CCCC2C1. The molecule has 2 aliphatic rings. The summed E-state index contributed by atoms with van der Waals surface area (Å²) in [5.74, 6) is 1.73. The van der Waals surface area contributed by atoms with Crippen molar-refractivity contribution < 1.29 is 4.79 Å². The molecule has 2 N–H and O–H groups in total. The van der Waals surface area contributed by atoms with Crippen molar-refractivity contribution in [1.29, 1.82) is 0 Å². The molecule has 1 aliphatic carbocycles. The smallest absolute Gasteiger partial charge is 0.239 e. The first kappa shape index (κ1) is 9.97. The molecule has 1 aliphatic heterocycles. The Labute approximate surface area is 85.6 Å². The molecule has 2 rings (SSSR count). The lowest BCUT2D eigenvalue weighted by Gasteiger charge is -2.20. The van der Waals surface area contributed by atoms with E-state index in [0.29, 0.717) is 0 Å². The second-order valence-electron chi connectivity index (χ2n) is 4.71. The molecule has 1 saturated carbocycles. The maximum absolute atomic E-state index is 11.8. The molecule has 0 spiro atoms. The molecule has 2 unspecified atom stereocenters. The summed E-state index contributed by atoms with van der Waals surface area (Å²) >= 11 is 0. The van der Waals surface area contributed by atoms with Crippen molar-refractivity contribution in [2.75, 3.05) is 13.1 Å². The summed E-state index contributed by atoms with van der Waals surface area (Å²) in [5.41, 5.74) is 5.76. The van der Waals surface area contributed by atoms with Gasteiger partial charge in [-0.15, -0.1) is 0 Å². The normalized spacial score (nSPS) is 33.1. The van der Waals surface area contributed by atoms with Crippen LogP contribution in [-0.4, -0.2) is 29.9 Å². The first-order chi connectivity index (χ1) is 6.72.